The average molecular weight is 293 g/mol. The second-order valence-electron chi connectivity index (χ2n) is 4.63. The van der Waals surface area contributed by atoms with Crippen LogP contribution in [0.2, 0.25) is 5.02 Å². The van der Waals surface area contributed by atoms with Gasteiger partial charge >= 0.3 is 0 Å². The minimum Gasteiger partial charge on any atom is -0.384 e. The van der Waals surface area contributed by atoms with Crippen LogP contribution < -0.4 is 0 Å². The van der Waals surface area contributed by atoms with Crippen LogP contribution in [0.4, 0.5) is 0 Å². The van der Waals surface area contributed by atoms with Crippen LogP contribution in [0.1, 0.15) is 28.4 Å². The molecule has 0 bridgehead atoms. The summed E-state index contributed by atoms with van der Waals surface area (Å²) in [4.78, 5) is 1.19. The summed E-state index contributed by atoms with van der Waals surface area (Å²) in [6.07, 6.45) is 1.44. The SMILES string of the molecule is CSc1ccc(C(O)c2cc(C)c(Cl)cc2C)cc1. The van der Waals surface area contributed by atoms with Crippen LogP contribution in [-0.2, 0) is 0 Å². The van der Waals surface area contributed by atoms with E-state index in [1.54, 1.807) is 11.8 Å². The van der Waals surface area contributed by atoms with Crippen molar-refractivity contribution in [2.75, 3.05) is 6.26 Å². The number of hydrogen-bond acceptors (Lipinski definition) is 2. The molecule has 1 N–H and O–H groups in total. The third-order valence-corrected chi connectivity index (χ3v) is 4.42. The lowest BCUT2D eigenvalue weighted by atomic mass is 9.96. The maximum Gasteiger partial charge on any atom is 0.104 e. The van der Waals surface area contributed by atoms with Crippen LogP contribution in [0.5, 0.6) is 0 Å². The van der Waals surface area contributed by atoms with Gasteiger partial charge < -0.3 is 5.11 Å². The van der Waals surface area contributed by atoms with Gasteiger partial charge in [0.2, 0.25) is 0 Å². The molecule has 1 unspecified atom stereocenters. The Bertz CT molecular complexity index is 578. The number of hydrogen-bond donors (Lipinski definition) is 1. The molecule has 0 saturated heterocycles. The van der Waals surface area contributed by atoms with Crippen molar-refractivity contribution in [1.29, 1.82) is 0 Å². The minimum atomic E-state index is -0.605. The monoisotopic (exact) mass is 292 g/mol. The van der Waals surface area contributed by atoms with E-state index in [2.05, 4.69) is 0 Å². The van der Waals surface area contributed by atoms with Crippen molar-refractivity contribution in [2.45, 2.75) is 24.8 Å². The number of thioether (sulfide) groups is 1. The van der Waals surface area contributed by atoms with Crippen molar-refractivity contribution in [3.63, 3.8) is 0 Å². The number of benzene rings is 2. The van der Waals surface area contributed by atoms with Gasteiger partial charge in [-0.25, -0.2) is 0 Å². The summed E-state index contributed by atoms with van der Waals surface area (Å²) in [6.45, 7) is 3.93. The fraction of sp³-hybridized carbons (Fsp3) is 0.250. The van der Waals surface area contributed by atoms with E-state index >= 15 is 0 Å². The van der Waals surface area contributed by atoms with Gasteiger partial charge in [-0.05, 0) is 60.6 Å². The molecule has 2 rings (SSSR count). The van der Waals surface area contributed by atoms with Crippen LogP contribution in [0, 0.1) is 13.8 Å². The van der Waals surface area contributed by atoms with Gasteiger partial charge in [0.15, 0.2) is 0 Å². The van der Waals surface area contributed by atoms with Crippen LogP contribution in [-0.4, -0.2) is 11.4 Å². The van der Waals surface area contributed by atoms with Crippen molar-refractivity contribution in [3.05, 3.63) is 63.7 Å². The smallest absolute Gasteiger partial charge is 0.104 e. The normalized spacial score (nSPS) is 12.5. The lowest BCUT2D eigenvalue weighted by molar-refractivity contribution is 0.219. The fourth-order valence-corrected chi connectivity index (χ4v) is 2.69. The van der Waals surface area contributed by atoms with Gasteiger partial charge in [0.1, 0.15) is 6.10 Å². The van der Waals surface area contributed by atoms with E-state index in [0.717, 1.165) is 27.3 Å². The molecule has 2 aromatic rings. The van der Waals surface area contributed by atoms with Crippen molar-refractivity contribution in [1.82, 2.24) is 0 Å². The molecule has 0 heterocycles. The summed E-state index contributed by atoms with van der Waals surface area (Å²) in [5.41, 5.74) is 3.82. The molecule has 3 heteroatoms. The van der Waals surface area contributed by atoms with E-state index in [0.29, 0.717) is 0 Å². The molecule has 0 aliphatic heterocycles. The Morgan fingerprint density at radius 1 is 1.05 bits per heavy atom. The van der Waals surface area contributed by atoms with E-state index in [-0.39, 0.29) is 0 Å². The topological polar surface area (TPSA) is 20.2 Å². The minimum absolute atomic E-state index is 0.605. The molecule has 0 aromatic heterocycles. The predicted molar refractivity (Wildman–Crippen MR) is 83.2 cm³/mol. The van der Waals surface area contributed by atoms with Gasteiger partial charge in [-0.1, -0.05) is 29.8 Å². The number of aliphatic hydroxyl groups excluding tert-OH is 1. The Labute approximate surface area is 123 Å². The van der Waals surface area contributed by atoms with Crippen LogP contribution in [0.3, 0.4) is 0 Å². The molecule has 0 amide bonds. The van der Waals surface area contributed by atoms with E-state index < -0.39 is 6.10 Å². The Kier molecular flexibility index (Phi) is 4.56. The van der Waals surface area contributed by atoms with E-state index in [1.807, 2.05) is 56.5 Å². The first kappa shape index (κ1) is 14.4. The Morgan fingerprint density at radius 2 is 1.68 bits per heavy atom. The first-order valence-electron chi connectivity index (χ1n) is 6.11. The molecule has 19 heavy (non-hydrogen) atoms. The number of halogens is 1. The molecule has 1 atom stereocenters. The summed E-state index contributed by atoms with van der Waals surface area (Å²) in [5, 5.41) is 11.2. The van der Waals surface area contributed by atoms with Crippen LogP contribution >= 0.6 is 23.4 Å². The maximum atomic E-state index is 10.5. The van der Waals surface area contributed by atoms with Gasteiger partial charge in [0.05, 0.1) is 0 Å². The maximum absolute atomic E-state index is 10.5. The summed E-state index contributed by atoms with van der Waals surface area (Å²) < 4.78 is 0. The van der Waals surface area contributed by atoms with Crippen LogP contribution in [0.25, 0.3) is 0 Å². The number of rotatable bonds is 3. The second kappa shape index (κ2) is 6.00. The average Bonchev–Trinajstić information content (AvgIpc) is 2.42. The van der Waals surface area contributed by atoms with Crippen molar-refractivity contribution in [2.24, 2.45) is 0 Å². The Balaban J connectivity index is 2.37. The molecule has 0 aliphatic rings. The highest BCUT2D eigenvalue weighted by molar-refractivity contribution is 7.98. The number of aryl methyl sites for hydroxylation is 2. The van der Waals surface area contributed by atoms with Crippen molar-refractivity contribution < 1.29 is 5.11 Å². The van der Waals surface area contributed by atoms with Crippen molar-refractivity contribution >= 4 is 23.4 Å². The summed E-state index contributed by atoms with van der Waals surface area (Å²) in [5.74, 6) is 0. The summed E-state index contributed by atoms with van der Waals surface area (Å²) in [6, 6.07) is 11.9. The predicted octanol–water partition coefficient (Wildman–Crippen LogP) is 4.76. The van der Waals surface area contributed by atoms with Gasteiger partial charge in [-0.15, -0.1) is 11.8 Å². The largest absolute Gasteiger partial charge is 0.384 e. The first-order valence-corrected chi connectivity index (χ1v) is 7.72. The molecule has 0 saturated carbocycles. The first-order chi connectivity index (χ1) is 9.02. The highest BCUT2D eigenvalue weighted by atomic mass is 35.5. The fourth-order valence-electron chi connectivity index (χ4n) is 2.06. The molecule has 0 spiro atoms. The molecule has 2 aromatic carbocycles. The molecule has 1 nitrogen and oxygen atoms in total. The lowest BCUT2D eigenvalue weighted by Crippen LogP contribution is -2.02. The van der Waals surface area contributed by atoms with Crippen molar-refractivity contribution in [3.8, 4) is 0 Å². The van der Waals surface area contributed by atoms with E-state index in [4.69, 9.17) is 11.6 Å². The molecular weight excluding hydrogens is 276 g/mol. The Hall–Kier alpha value is -0.960. The molecular formula is C16H17ClOS. The van der Waals surface area contributed by atoms with Crippen LogP contribution in [0.15, 0.2) is 41.3 Å². The van der Waals surface area contributed by atoms with E-state index in [1.165, 1.54) is 4.90 Å². The third-order valence-electron chi connectivity index (χ3n) is 3.27. The molecule has 100 valence electrons. The number of aliphatic hydroxyl groups is 1. The molecule has 0 aliphatic carbocycles. The van der Waals surface area contributed by atoms with Gasteiger partial charge in [-0.3, -0.25) is 0 Å². The lowest BCUT2D eigenvalue weighted by Gasteiger charge is -2.16. The quantitative estimate of drug-likeness (QED) is 0.823. The van der Waals surface area contributed by atoms with E-state index in [9.17, 15) is 5.11 Å². The standard InChI is InChI=1S/C16H17ClOS/c1-10-9-15(17)11(2)8-14(10)16(18)12-4-6-13(19-3)7-5-12/h4-9,16,18H,1-3H3. The zero-order valence-electron chi connectivity index (χ0n) is 11.3. The van der Waals surface area contributed by atoms with Gasteiger partial charge in [0, 0.05) is 9.92 Å². The summed E-state index contributed by atoms with van der Waals surface area (Å²) in [7, 11) is 0. The highest BCUT2D eigenvalue weighted by Gasteiger charge is 2.14. The second-order valence-corrected chi connectivity index (χ2v) is 5.92. The third kappa shape index (κ3) is 3.14. The van der Waals surface area contributed by atoms with Gasteiger partial charge in [0.25, 0.3) is 0 Å². The Morgan fingerprint density at radius 3 is 2.26 bits per heavy atom. The zero-order valence-corrected chi connectivity index (χ0v) is 12.8. The summed E-state index contributed by atoms with van der Waals surface area (Å²) >= 11 is 7.79. The highest BCUT2D eigenvalue weighted by Crippen LogP contribution is 2.29. The molecule has 0 radical (unpaired) electrons. The van der Waals surface area contributed by atoms with Gasteiger partial charge in [-0.2, -0.15) is 0 Å². The molecule has 0 fully saturated rings. The zero-order chi connectivity index (χ0) is 14.0.